The Balaban J connectivity index is 3.17. The Hall–Kier alpha value is -1.15. The van der Waals surface area contributed by atoms with Crippen LogP contribution >= 0.6 is 11.6 Å². The molecule has 0 fully saturated rings. The second-order valence-corrected chi connectivity index (χ2v) is 6.47. The van der Waals surface area contributed by atoms with E-state index in [2.05, 4.69) is 0 Å². The fourth-order valence-corrected chi connectivity index (χ4v) is 3.53. The smallest absolute Gasteiger partial charge is 0.318 e. The van der Waals surface area contributed by atoms with Crippen molar-refractivity contribution in [2.45, 2.75) is 11.8 Å². The molecule has 0 unspecified atom stereocenters. The minimum absolute atomic E-state index is 0.0602. The van der Waals surface area contributed by atoms with Crippen LogP contribution in [0, 0.1) is 6.92 Å². The van der Waals surface area contributed by atoms with Crippen LogP contribution in [0.15, 0.2) is 23.1 Å². The van der Waals surface area contributed by atoms with Crippen LogP contribution in [-0.4, -0.2) is 50.6 Å². The number of methoxy groups -OCH3 is 1. The maximum atomic E-state index is 12.4. The van der Waals surface area contributed by atoms with E-state index in [0.29, 0.717) is 0 Å². The molecule has 112 valence electrons. The number of rotatable bonds is 7. The van der Waals surface area contributed by atoms with Crippen molar-refractivity contribution >= 4 is 27.6 Å². The number of nitrogens with zero attached hydrogens (tertiary/aromatic N) is 1. The maximum Gasteiger partial charge on any atom is 0.318 e. The molecule has 0 radical (unpaired) electrons. The topological polar surface area (TPSA) is 83.9 Å². The minimum Gasteiger partial charge on any atom is -0.480 e. The van der Waals surface area contributed by atoms with Gasteiger partial charge in [-0.25, -0.2) is 8.42 Å². The predicted octanol–water partition coefficient (Wildman–Crippen LogP) is 1.37. The summed E-state index contributed by atoms with van der Waals surface area (Å²) in [7, 11) is -2.57. The maximum absolute atomic E-state index is 12.4. The minimum atomic E-state index is -3.98. The Labute approximate surface area is 123 Å². The van der Waals surface area contributed by atoms with E-state index in [-0.39, 0.29) is 23.1 Å². The molecule has 0 aliphatic heterocycles. The number of halogens is 1. The van der Waals surface area contributed by atoms with Gasteiger partial charge in [0.2, 0.25) is 10.0 Å². The van der Waals surface area contributed by atoms with Gasteiger partial charge >= 0.3 is 5.97 Å². The Kier molecular flexibility index (Phi) is 5.94. The van der Waals surface area contributed by atoms with Gasteiger partial charge in [-0.15, -0.1) is 0 Å². The first-order chi connectivity index (χ1) is 9.28. The van der Waals surface area contributed by atoms with Gasteiger partial charge in [0.05, 0.1) is 11.6 Å². The van der Waals surface area contributed by atoms with Gasteiger partial charge in [0, 0.05) is 13.7 Å². The van der Waals surface area contributed by atoms with Gasteiger partial charge in [-0.3, -0.25) is 4.79 Å². The van der Waals surface area contributed by atoms with E-state index in [4.69, 9.17) is 21.4 Å². The number of aryl methyl sites for hydroxylation is 1. The van der Waals surface area contributed by atoms with Gasteiger partial charge in [-0.1, -0.05) is 17.7 Å². The largest absolute Gasteiger partial charge is 0.480 e. The molecular weight excluding hydrogens is 306 g/mol. The van der Waals surface area contributed by atoms with Crippen molar-refractivity contribution in [3.8, 4) is 0 Å². The second kappa shape index (κ2) is 7.03. The molecule has 0 spiro atoms. The van der Waals surface area contributed by atoms with Crippen molar-refractivity contribution in [1.82, 2.24) is 4.31 Å². The number of ether oxygens (including phenoxy) is 1. The number of aliphatic carboxylic acids is 1. The summed E-state index contributed by atoms with van der Waals surface area (Å²) in [6, 6.07) is 4.49. The van der Waals surface area contributed by atoms with Crippen molar-refractivity contribution in [3.05, 3.63) is 28.8 Å². The zero-order chi connectivity index (χ0) is 15.3. The van der Waals surface area contributed by atoms with Crippen LogP contribution in [0.5, 0.6) is 0 Å². The number of carbonyl (C=O) groups is 1. The molecule has 1 aromatic carbocycles. The van der Waals surface area contributed by atoms with Crippen molar-refractivity contribution in [3.63, 3.8) is 0 Å². The zero-order valence-corrected chi connectivity index (χ0v) is 12.7. The molecule has 0 bridgehead atoms. The summed E-state index contributed by atoms with van der Waals surface area (Å²) in [6.07, 6.45) is 0. The predicted molar refractivity (Wildman–Crippen MR) is 74.5 cm³/mol. The molecule has 0 saturated carbocycles. The number of hydrogen-bond acceptors (Lipinski definition) is 4. The monoisotopic (exact) mass is 321 g/mol. The molecule has 0 aromatic heterocycles. The molecule has 20 heavy (non-hydrogen) atoms. The lowest BCUT2D eigenvalue weighted by Gasteiger charge is -2.20. The first kappa shape index (κ1) is 16.9. The van der Waals surface area contributed by atoms with Crippen LogP contribution in [-0.2, 0) is 19.6 Å². The van der Waals surface area contributed by atoms with Crippen molar-refractivity contribution < 1.29 is 23.1 Å². The van der Waals surface area contributed by atoms with Crippen molar-refractivity contribution in [2.24, 2.45) is 0 Å². The molecular formula is C12H16ClNO5S. The number of carboxylic acids is 1. The quantitative estimate of drug-likeness (QED) is 0.820. The standard InChI is InChI=1S/C12H16ClNO5S/c1-9-3-4-11(10(13)7-9)20(17,18)14(5-6-19-2)8-12(15)16/h3-4,7H,5-6,8H2,1-2H3,(H,15,16). The number of hydrogen-bond donors (Lipinski definition) is 1. The third-order valence-electron chi connectivity index (χ3n) is 2.56. The van der Waals surface area contributed by atoms with E-state index in [1.165, 1.54) is 19.2 Å². The molecule has 6 nitrogen and oxygen atoms in total. The number of carboxylic acid groups (broad SMARTS) is 1. The van der Waals surface area contributed by atoms with Gasteiger partial charge in [0.15, 0.2) is 0 Å². The highest BCUT2D eigenvalue weighted by atomic mass is 35.5. The summed E-state index contributed by atoms with van der Waals surface area (Å²) < 4.78 is 30.5. The summed E-state index contributed by atoms with van der Waals surface area (Å²) in [5, 5.41) is 8.89. The van der Waals surface area contributed by atoms with E-state index < -0.39 is 22.5 Å². The zero-order valence-electron chi connectivity index (χ0n) is 11.2. The van der Waals surface area contributed by atoms with E-state index in [1.54, 1.807) is 13.0 Å². The van der Waals surface area contributed by atoms with Crippen LogP contribution in [0.2, 0.25) is 5.02 Å². The summed E-state index contributed by atoms with van der Waals surface area (Å²) in [4.78, 5) is 10.7. The average Bonchev–Trinajstić information content (AvgIpc) is 2.33. The van der Waals surface area contributed by atoms with Crippen molar-refractivity contribution in [1.29, 1.82) is 0 Å². The van der Waals surface area contributed by atoms with Gasteiger partial charge in [-0.05, 0) is 24.6 Å². The van der Waals surface area contributed by atoms with E-state index >= 15 is 0 Å². The summed E-state index contributed by atoms with van der Waals surface area (Å²) in [5.41, 5.74) is 0.815. The Morgan fingerprint density at radius 2 is 2.10 bits per heavy atom. The first-order valence-corrected chi connectivity index (χ1v) is 7.58. The second-order valence-electron chi connectivity index (χ2n) is 4.16. The highest BCUT2D eigenvalue weighted by molar-refractivity contribution is 7.89. The van der Waals surface area contributed by atoms with E-state index in [0.717, 1.165) is 9.87 Å². The highest BCUT2D eigenvalue weighted by Gasteiger charge is 2.28. The Morgan fingerprint density at radius 3 is 2.60 bits per heavy atom. The molecule has 0 atom stereocenters. The van der Waals surface area contributed by atoms with Gasteiger partial charge < -0.3 is 9.84 Å². The third kappa shape index (κ3) is 4.17. The molecule has 1 N–H and O–H groups in total. The molecule has 0 aliphatic rings. The normalized spacial score (nSPS) is 11.8. The molecule has 1 aromatic rings. The van der Waals surface area contributed by atoms with E-state index in [9.17, 15) is 13.2 Å². The highest BCUT2D eigenvalue weighted by Crippen LogP contribution is 2.25. The summed E-state index contributed by atoms with van der Waals surface area (Å²) in [5.74, 6) is -1.24. The van der Waals surface area contributed by atoms with E-state index in [1.807, 2.05) is 0 Å². The lowest BCUT2D eigenvalue weighted by atomic mass is 10.2. The Bertz CT molecular complexity index is 588. The van der Waals surface area contributed by atoms with Gasteiger partial charge in [0.1, 0.15) is 11.4 Å². The molecule has 0 saturated heterocycles. The molecule has 0 aliphatic carbocycles. The summed E-state index contributed by atoms with van der Waals surface area (Å²) >= 11 is 5.94. The molecule has 0 heterocycles. The van der Waals surface area contributed by atoms with Gasteiger partial charge in [-0.2, -0.15) is 4.31 Å². The van der Waals surface area contributed by atoms with Crippen molar-refractivity contribution in [2.75, 3.05) is 26.8 Å². The third-order valence-corrected chi connectivity index (χ3v) is 4.89. The van der Waals surface area contributed by atoms with Gasteiger partial charge in [0.25, 0.3) is 0 Å². The summed E-state index contributed by atoms with van der Waals surface area (Å²) in [6.45, 7) is 1.17. The van der Waals surface area contributed by atoms with Crippen LogP contribution in [0.1, 0.15) is 5.56 Å². The van der Waals surface area contributed by atoms with Crippen LogP contribution in [0.3, 0.4) is 0 Å². The van der Waals surface area contributed by atoms with Crippen LogP contribution in [0.25, 0.3) is 0 Å². The SMILES string of the molecule is COCCN(CC(=O)O)S(=O)(=O)c1ccc(C)cc1Cl. The first-order valence-electron chi connectivity index (χ1n) is 5.76. The Morgan fingerprint density at radius 1 is 1.45 bits per heavy atom. The lowest BCUT2D eigenvalue weighted by molar-refractivity contribution is -0.137. The van der Waals surface area contributed by atoms with Crippen LogP contribution < -0.4 is 0 Å². The van der Waals surface area contributed by atoms with Crippen LogP contribution in [0.4, 0.5) is 0 Å². The number of sulfonamides is 1. The molecule has 1 rings (SSSR count). The fraction of sp³-hybridized carbons (Fsp3) is 0.417. The molecule has 8 heteroatoms. The average molecular weight is 322 g/mol. The molecule has 0 amide bonds. The lowest BCUT2D eigenvalue weighted by Crippen LogP contribution is -2.38. The fourth-order valence-electron chi connectivity index (χ4n) is 1.58. The number of benzene rings is 1.